The molecule has 1 saturated carbocycles. The van der Waals surface area contributed by atoms with Crippen LogP contribution < -0.4 is 10.5 Å². The van der Waals surface area contributed by atoms with Gasteiger partial charge in [-0.15, -0.1) is 0 Å². The molecule has 0 radical (unpaired) electrons. The second kappa shape index (κ2) is 7.02. The van der Waals surface area contributed by atoms with Crippen molar-refractivity contribution in [3.05, 3.63) is 53.1 Å². The van der Waals surface area contributed by atoms with Crippen molar-refractivity contribution in [2.45, 2.75) is 45.1 Å². The van der Waals surface area contributed by atoms with Crippen molar-refractivity contribution in [2.24, 2.45) is 28.0 Å². The molecule has 2 aromatic carbocycles. The first-order valence-corrected chi connectivity index (χ1v) is 10.9. The fourth-order valence-electron chi connectivity index (χ4n) is 5.85. The van der Waals surface area contributed by atoms with E-state index in [9.17, 15) is 5.26 Å². The first kappa shape index (κ1) is 17.7. The molecule has 4 atom stereocenters. The summed E-state index contributed by atoms with van der Waals surface area (Å²) in [6.07, 6.45) is 3.52. The molecule has 160 valence electrons. The predicted molar refractivity (Wildman–Crippen MR) is 121 cm³/mol. The number of amidine groups is 1. The molecular formula is C26H29N3O2. The lowest BCUT2D eigenvalue weighted by molar-refractivity contribution is 0.0205. The first-order valence-electron chi connectivity index (χ1n) is 11.9. The van der Waals surface area contributed by atoms with Crippen molar-refractivity contribution in [1.29, 1.82) is 5.26 Å². The summed E-state index contributed by atoms with van der Waals surface area (Å²) in [5, 5.41) is 9.46. The molecule has 5 rings (SSSR count). The standard InChI is InChI=1S/C26H29N3O2/c1-16-6-7-25(12-17(16)2)13-20-5-4-19(11-23(20)26(25)15-31-24(28)29-26)21-8-18(14-27)9-22(10-21)30-3/h4-5,8-11,16-17H,6-7,12-13,15H2,1-3H3,(H2,28,29)/t16-,17-,25-,26?/m1/s1/i15D2. The molecule has 1 aliphatic heterocycles. The van der Waals surface area contributed by atoms with Crippen LogP contribution in [0.1, 0.15) is 52.5 Å². The Kier molecular flexibility index (Phi) is 4.00. The molecule has 5 nitrogen and oxygen atoms in total. The van der Waals surface area contributed by atoms with Gasteiger partial charge in [0.1, 0.15) is 17.8 Å². The van der Waals surface area contributed by atoms with Gasteiger partial charge in [0.25, 0.3) is 6.02 Å². The fourth-order valence-corrected chi connectivity index (χ4v) is 5.85. The van der Waals surface area contributed by atoms with Crippen molar-refractivity contribution < 1.29 is 12.2 Å². The predicted octanol–water partition coefficient (Wildman–Crippen LogP) is 4.77. The second-order valence-electron chi connectivity index (χ2n) is 9.45. The Labute approximate surface area is 186 Å². The van der Waals surface area contributed by atoms with Gasteiger partial charge in [-0.05, 0) is 84.0 Å². The lowest BCUT2D eigenvalue weighted by atomic mass is 9.58. The Morgan fingerprint density at radius 1 is 1.23 bits per heavy atom. The zero-order valence-electron chi connectivity index (χ0n) is 20.2. The van der Waals surface area contributed by atoms with E-state index < -0.39 is 17.5 Å². The van der Waals surface area contributed by atoms with Gasteiger partial charge in [-0.2, -0.15) is 5.26 Å². The van der Waals surface area contributed by atoms with Crippen molar-refractivity contribution in [3.8, 4) is 22.9 Å². The van der Waals surface area contributed by atoms with Gasteiger partial charge in [0, 0.05) is 5.41 Å². The summed E-state index contributed by atoms with van der Waals surface area (Å²) >= 11 is 0. The van der Waals surface area contributed by atoms with Gasteiger partial charge in [0.2, 0.25) is 0 Å². The van der Waals surface area contributed by atoms with Crippen LogP contribution in [0.15, 0.2) is 41.4 Å². The van der Waals surface area contributed by atoms with Gasteiger partial charge >= 0.3 is 0 Å². The molecule has 2 N–H and O–H groups in total. The number of hydrogen-bond donors (Lipinski definition) is 1. The fraction of sp³-hybridized carbons (Fsp3) is 0.462. The van der Waals surface area contributed by atoms with Crippen LogP contribution >= 0.6 is 0 Å². The third kappa shape index (κ3) is 2.92. The lowest BCUT2D eigenvalue weighted by Gasteiger charge is -2.47. The molecule has 1 heterocycles. The number of rotatable bonds is 2. The third-order valence-corrected chi connectivity index (χ3v) is 7.74. The van der Waals surface area contributed by atoms with Gasteiger partial charge in [-0.1, -0.05) is 26.0 Å². The average Bonchev–Trinajstić information content (AvgIpc) is 3.20. The molecule has 1 unspecified atom stereocenters. The van der Waals surface area contributed by atoms with Crippen LogP contribution in [0.5, 0.6) is 5.75 Å². The number of nitriles is 1. The molecule has 0 amide bonds. The Bertz CT molecular complexity index is 1200. The summed E-state index contributed by atoms with van der Waals surface area (Å²) < 4.78 is 28.9. The van der Waals surface area contributed by atoms with Gasteiger partial charge in [-0.25, -0.2) is 4.99 Å². The van der Waals surface area contributed by atoms with Gasteiger partial charge < -0.3 is 15.2 Å². The van der Waals surface area contributed by atoms with E-state index in [1.165, 1.54) is 0 Å². The smallest absolute Gasteiger partial charge is 0.283 e. The summed E-state index contributed by atoms with van der Waals surface area (Å²) in [4.78, 5) is 4.77. The molecule has 0 aromatic heterocycles. The van der Waals surface area contributed by atoms with E-state index in [-0.39, 0.29) is 6.02 Å². The number of nitrogens with two attached hydrogens (primary N) is 1. The summed E-state index contributed by atoms with van der Waals surface area (Å²) in [5.74, 6) is 1.64. The highest BCUT2D eigenvalue weighted by Gasteiger charge is 2.61. The third-order valence-electron chi connectivity index (χ3n) is 7.74. The van der Waals surface area contributed by atoms with Crippen molar-refractivity contribution in [3.63, 3.8) is 0 Å². The van der Waals surface area contributed by atoms with E-state index >= 15 is 0 Å². The Morgan fingerprint density at radius 2 is 2.06 bits per heavy atom. The quantitative estimate of drug-likeness (QED) is 0.763. The average molecular weight is 418 g/mol. The molecule has 0 bridgehead atoms. The van der Waals surface area contributed by atoms with E-state index in [4.69, 9.17) is 22.9 Å². The van der Waals surface area contributed by atoms with E-state index in [2.05, 4.69) is 26.0 Å². The topological polar surface area (TPSA) is 80.6 Å². The van der Waals surface area contributed by atoms with E-state index in [0.29, 0.717) is 23.1 Å². The number of benzene rings is 2. The maximum absolute atomic E-state index is 9.46. The summed E-state index contributed by atoms with van der Waals surface area (Å²) in [6.45, 7) is 2.48. The van der Waals surface area contributed by atoms with Crippen molar-refractivity contribution >= 4 is 6.02 Å². The molecule has 2 spiro atoms. The van der Waals surface area contributed by atoms with Crippen LogP contribution in [0.3, 0.4) is 0 Å². The molecule has 3 aliphatic rings. The maximum atomic E-state index is 9.46. The maximum Gasteiger partial charge on any atom is 0.283 e. The molecule has 0 saturated heterocycles. The van der Waals surface area contributed by atoms with Crippen LogP contribution in [0.4, 0.5) is 0 Å². The molecule has 2 aromatic rings. The number of aliphatic imine (C=N–C) groups is 1. The van der Waals surface area contributed by atoms with Crippen LogP contribution in [-0.4, -0.2) is 19.7 Å². The Balaban J connectivity index is 1.71. The second-order valence-corrected chi connectivity index (χ2v) is 9.45. The van der Waals surface area contributed by atoms with Crippen LogP contribution in [-0.2, 0) is 16.7 Å². The minimum absolute atomic E-state index is 0.0861. The number of nitrogens with zero attached hydrogens (tertiary/aromatic N) is 2. The number of hydrogen-bond acceptors (Lipinski definition) is 5. The zero-order chi connectivity index (χ0) is 23.6. The first-order chi connectivity index (χ1) is 15.6. The SMILES string of the molecule is [2H]C1([2H])OC(N)=NC12c1cc(-c3cc(C#N)cc(OC)c3)ccc1C[C@]21CC[C@@H](C)[C@H](C)C1. The largest absolute Gasteiger partial charge is 0.497 e. The van der Waals surface area contributed by atoms with Crippen LogP contribution in [0, 0.1) is 28.6 Å². The Hall–Kier alpha value is -3.00. The van der Waals surface area contributed by atoms with Gasteiger partial charge in [-0.3, -0.25) is 0 Å². The highest BCUT2D eigenvalue weighted by atomic mass is 16.5. The molecule has 5 heteroatoms. The highest BCUT2D eigenvalue weighted by Crippen LogP contribution is 2.62. The van der Waals surface area contributed by atoms with E-state index in [1.54, 1.807) is 13.2 Å². The molecule has 2 aliphatic carbocycles. The zero-order valence-corrected chi connectivity index (χ0v) is 18.2. The number of ether oxygens (including phenoxy) is 2. The van der Waals surface area contributed by atoms with Gasteiger partial charge in [0.15, 0.2) is 0 Å². The summed E-state index contributed by atoms with van der Waals surface area (Å²) in [7, 11) is 1.58. The van der Waals surface area contributed by atoms with Crippen molar-refractivity contribution in [1.82, 2.24) is 0 Å². The Morgan fingerprint density at radius 3 is 2.74 bits per heavy atom. The minimum Gasteiger partial charge on any atom is -0.497 e. The lowest BCUT2D eigenvalue weighted by Crippen LogP contribution is -2.47. The van der Waals surface area contributed by atoms with Crippen LogP contribution in [0.25, 0.3) is 11.1 Å². The van der Waals surface area contributed by atoms with Crippen LogP contribution in [0.2, 0.25) is 0 Å². The number of fused-ring (bicyclic) bond motifs is 3. The summed E-state index contributed by atoms with van der Waals surface area (Å²) in [5.41, 5.74) is 8.61. The monoisotopic (exact) mass is 417 g/mol. The van der Waals surface area contributed by atoms with Gasteiger partial charge in [0.05, 0.1) is 21.5 Å². The molecule has 1 fully saturated rings. The summed E-state index contributed by atoms with van der Waals surface area (Å²) in [6, 6.07) is 13.7. The van der Waals surface area contributed by atoms with Crippen molar-refractivity contribution in [2.75, 3.05) is 13.7 Å². The number of methoxy groups -OCH3 is 1. The molecular weight excluding hydrogens is 386 g/mol. The normalized spacial score (nSPS) is 33.8. The molecule has 31 heavy (non-hydrogen) atoms. The highest BCUT2D eigenvalue weighted by molar-refractivity contribution is 5.76. The van der Waals surface area contributed by atoms with E-state index in [1.807, 2.05) is 24.3 Å². The van der Waals surface area contributed by atoms with E-state index in [0.717, 1.165) is 47.9 Å². The minimum atomic E-state index is -2.05.